The number of hydrogen-bond acceptors (Lipinski definition) is 4. The number of thioether (sulfide) groups is 1. The Morgan fingerprint density at radius 1 is 1.46 bits per heavy atom. The van der Waals surface area contributed by atoms with E-state index in [1.54, 1.807) is 0 Å². The Labute approximate surface area is 83.4 Å². The SMILES string of the molecule is CCSCc1nc(C)cc(NC)n1. The molecule has 0 bridgehead atoms. The van der Waals surface area contributed by atoms with E-state index in [1.165, 1.54) is 0 Å². The van der Waals surface area contributed by atoms with Crippen molar-refractivity contribution in [2.24, 2.45) is 0 Å². The summed E-state index contributed by atoms with van der Waals surface area (Å²) in [5, 5.41) is 3.02. The van der Waals surface area contributed by atoms with Crippen molar-refractivity contribution in [3.63, 3.8) is 0 Å². The zero-order valence-corrected chi connectivity index (χ0v) is 9.11. The van der Waals surface area contributed by atoms with Crippen molar-refractivity contribution >= 4 is 17.6 Å². The van der Waals surface area contributed by atoms with E-state index in [-0.39, 0.29) is 0 Å². The van der Waals surface area contributed by atoms with Gasteiger partial charge in [0.05, 0.1) is 5.75 Å². The molecule has 1 aromatic rings. The summed E-state index contributed by atoms with van der Waals surface area (Å²) < 4.78 is 0. The summed E-state index contributed by atoms with van der Waals surface area (Å²) >= 11 is 1.84. The Balaban J connectivity index is 2.76. The first-order valence-corrected chi connectivity index (χ1v) is 5.51. The van der Waals surface area contributed by atoms with Crippen molar-refractivity contribution in [1.82, 2.24) is 9.97 Å². The van der Waals surface area contributed by atoms with E-state index >= 15 is 0 Å². The van der Waals surface area contributed by atoms with Gasteiger partial charge in [0.25, 0.3) is 0 Å². The van der Waals surface area contributed by atoms with E-state index in [1.807, 2.05) is 31.8 Å². The van der Waals surface area contributed by atoms with E-state index in [9.17, 15) is 0 Å². The van der Waals surface area contributed by atoms with Gasteiger partial charge >= 0.3 is 0 Å². The quantitative estimate of drug-likeness (QED) is 0.802. The Hall–Kier alpha value is -0.770. The first-order valence-electron chi connectivity index (χ1n) is 4.36. The third-order valence-electron chi connectivity index (χ3n) is 1.59. The normalized spacial score (nSPS) is 10.1. The van der Waals surface area contributed by atoms with Crippen molar-refractivity contribution < 1.29 is 0 Å². The van der Waals surface area contributed by atoms with Gasteiger partial charge in [-0.2, -0.15) is 11.8 Å². The second-order valence-corrected chi connectivity index (χ2v) is 3.97. The van der Waals surface area contributed by atoms with Crippen LogP contribution >= 0.6 is 11.8 Å². The van der Waals surface area contributed by atoms with Crippen LogP contribution in [0.25, 0.3) is 0 Å². The molecule has 1 heterocycles. The number of nitrogens with one attached hydrogen (secondary N) is 1. The predicted molar refractivity (Wildman–Crippen MR) is 58.2 cm³/mol. The highest BCUT2D eigenvalue weighted by Crippen LogP contribution is 2.11. The fraction of sp³-hybridized carbons (Fsp3) is 0.556. The minimum Gasteiger partial charge on any atom is -0.373 e. The molecule has 0 fully saturated rings. The summed E-state index contributed by atoms with van der Waals surface area (Å²) in [6.07, 6.45) is 0. The summed E-state index contributed by atoms with van der Waals surface area (Å²) in [6, 6.07) is 1.94. The van der Waals surface area contributed by atoms with E-state index in [0.29, 0.717) is 0 Å². The smallest absolute Gasteiger partial charge is 0.140 e. The molecule has 0 saturated heterocycles. The maximum absolute atomic E-state index is 4.35. The predicted octanol–water partition coefficient (Wildman–Crippen LogP) is 2.08. The van der Waals surface area contributed by atoms with Gasteiger partial charge in [0.2, 0.25) is 0 Å². The molecule has 0 amide bonds. The largest absolute Gasteiger partial charge is 0.373 e. The molecule has 13 heavy (non-hydrogen) atoms. The van der Waals surface area contributed by atoms with E-state index in [0.717, 1.165) is 28.8 Å². The van der Waals surface area contributed by atoms with Gasteiger partial charge in [-0.3, -0.25) is 0 Å². The van der Waals surface area contributed by atoms with Crippen molar-refractivity contribution in [2.45, 2.75) is 19.6 Å². The number of hydrogen-bond donors (Lipinski definition) is 1. The summed E-state index contributed by atoms with van der Waals surface area (Å²) in [4.78, 5) is 8.69. The average molecular weight is 197 g/mol. The van der Waals surface area contributed by atoms with Crippen molar-refractivity contribution in [1.29, 1.82) is 0 Å². The number of aromatic nitrogens is 2. The van der Waals surface area contributed by atoms with E-state index < -0.39 is 0 Å². The van der Waals surface area contributed by atoms with Crippen molar-refractivity contribution in [3.05, 3.63) is 17.6 Å². The minimum absolute atomic E-state index is 0.896. The van der Waals surface area contributed by atoms with Crippen LogP contribution in [0.4, 0.5) is 5.82 Å². The van der Waals surface area contributed by atoms with Crippen LogP contribution in [0.15, 0.2) is 6.07 Å². The summed E-state index contributed by atoms with van der Waals surface area (Å²) in [5.41, 5.74) is 1.02. The fourth-order valence-electron chi connectivity index (χ4n) is 1.02. The molecule has 0 aromatic carbocycles. The highest BCUT2D eigenvalue weighted by Gasteiger charge is 1.99. The molecule has 72 valence electrons. The Morgan fingerprint density at radius 3 is 2.85 bits per heavy atom. The van der Waals surface area contributed by atoms with Gasteiger partial charge < -0.3 is 5.32 Å². The number of rotatable bonds is 4. The molecular weight excluding hydrogens is 182 g/mol. The molecule has 3 nitrogen and oxygen atoms in total. The number of aryl methyl sites for hydroxylation is 1. The van der Waals surface area contributed by atoms with Gasteiger partial charge in [0, 0.05) is 18.8 Å². The lowest BCUT2D eigenvalue weighted by molar-refractivity contribution is 0.997. The lowest BCUT2D eigenvalue weighted by Gasteiger charge is -2.04. The second-order valence-electron chi connectivity index (χ2n) is 2.70. The van der Waals surface area contributed by atoms with Gasteiger partial charge in [0.15, 0.2) is 0 Å². The van der Waals surface area contributed by atoms with E-state index in [2.05, 4.69) is 22.2 Å². The summed E-state index contributed by atoms with van der Waals surface area (Å²) in [6.45, 7) is 4.13. The molecule has 0 atom stereocenters. The van der Waals surface area contributed by atoms with Gasteiger partial charge in [0.1, 0.15) is 11.6 Å². The molecule has 0 aliphatic rings. The highest BCUT2D eigenvalue weighted by atomic mass is 32.2. The summed E-state index contributed by atoms with van der Waals surface area (Å²) in [7, 11) is 1.87. The van der Waals surface area contributed by atoms with Gasteiger partial charge in [-0.15, -0.1) is 0 Å². The van der Waals surface area contributed by atoms with Crippen LogP contribution in [-0.4, -0.2) is 22.8 Å². The Bertz CT molecular complexity index is 276. The van der Waals surface area contributed by atoms with Crippen LogP contribution in [0.3, 0.4) is 0 Å². The lowest BCUT2D eigenvalue weighted by atomic mass is 10.4. The van der Waals surface area contributed by atoms with Crippen molar-refractivity contribution in [2.75, 3.05) is 18.1 Å². The maximum Gasteiger partial charge on any atom is 0.140 e. The van der Waals surface area contributed by atoms with Gasteiger partial charge in [-0.1, -0.05) is 6.92 Å². The molecule has 0 aliphatic carbocycles. The van der Waals surface area contributed by atoms with Crippen LogP contribution < -0.4 is 5.32 Å². The molecular formula is C9H15N3S. The fourth-order valence-corrected chi connectivity index (χ4v) is 1.53. The summed E-state index contributed by atoms with van der Waals surface area (Å²) in [5.74, 6) is 3.81. The van der Waals surface area contributed by atoms with Crippen LogP contribution in [0, 0.1) is 6.92 Å². The third kappa shape index (κ3) is 3.22. The zero-order valence-electron chi connectivity index (χ0n) is 8.29. The molecule has 1 aromatic heterocycles. The van der Waals surface area contributed by atoms with Crippen LogP contribution in [-0.2, 0) is 5.75 Å². The Morgan fingerprint density at radius 2 is 2.23 bits per heavy atom. The molecule has 0 saturated carbocycles. The second kappa shape index (κ2) is 5.07. The van der Waals surface area contributed by atoms with Crippen LogP contribution in [0.2, 0.25) is 0 Å². The first kappa shape index (κ1) is 10.3. The number of nitrogens with zero attached hydrogens (tertiary/aromatic N) is 2. The maximum atomic E-state index is 4.35. The minimum atomic E-state index is 0.896. The average Bonchev–Trinajstić information content (AvgIpc) is 2.14. The Kier molecular flexibility index (Phi) is 4.02. The molecule has 0 aliphatic heterocycles. The molecule has 0 unspecified atom stereocenters. The molecule has 1 N–H and O–H groups in total. The topological polar surface area (TPSA) is 37.8 Å². The lowest BCUT2D eigenvalue weighted by Crippen LogP contribution is -2.00. The molecule has 4 heteroatoms. The van der Waals surface area contributed by atoms with Crippen LogP contribution in [0.5, 0.6) is 0 Å². The third-order valence-corrected chi connectivity index (χ3v) is 2.46. The standard InChI is InChI=1S/C9H15N3S/c1-4-13-6-9-11-7(2)5-8(10-3)12-9/h5H,4,6H2,1-3H3,(H,10,11,12). The molecule has 0 spiro atoms. The zero-order chi connectivity index (χ0) is 9.68. The van der Waals surface area contributed by atoms with Gasteiger partial charge in [-0.25, -0.2) is 9.97 Å². The number of anilines is 1. The van der Waals surface area contributed by atoms with E-state index in [4.69, 9.17) is 0 Å². The van der Waals surface area contributed by atoms with Crippen LogP contribution in [0.1, 0.15) is 18.4 Å². The molecule has 0 radical (unpaired) electrons. The molecule has 1 rings (SSSR count). The van der Waals surface area contributed by atoms with Gasteiger partial charge in [-0.05, 0) is 12.7 Å². The van der Waals surface area contributed by atoms with Crippen molar-refractivity contribution in [3.8, 4) is 0 Å². The first-order chi connectivity index (χ1) is 6.26. The highest BCUT2D eigenvalue weighted by molar-refractivity contribution is 7.98. The monoisotopic (exact) mass is 197 g/mol.